The van der Waals surface area contributed by atoms with E-state index in [4.69, 9.17) is 0 Å². The van der Waals surface area contributed by atoms with Crippen LogP contribution in [0.1, 0.15) is 45.4 Å². The molecule has 0 aliphatic carbocycles. The van der Waals surface area contributed by atoms with Crippen molar-refractivity contribution in [2.75, 3.05) is 0 Å². The molecule has 1 rings (SSSR count). The molecule has 88 valence electrons. The second kappa shape index (κ2) is 7.46. The van der Waals surface area contributed by atoms with Gasteiger partial charge in [0.15, 0.2) is 0 Å². The summed E-state index contributed by atoms with van der Waals surface area (Å²) >= 11 is 0. The van der Waals surface area contributed by atoms with Crippen LogP contribution in [-0.2, 0) is 13.1 Å². The summed E-state index contributed by atoms with van der Waals surface area (Å²) in [4.78, 5) is 0. The quantitative estimate of drug-likeness (QED) is 0.668. The van der Waals surface area contributed by atoms with Gasteiger partial charge in [-0.3, -0.25) is 0 Å². The van der Waals surface area contributed by atoms with E-state index in [0.29, 0.717) is 0 Å². The van der Waals surface area contributed by atoms with Crippen molar-refractivity contribution < 1.29 is 10.0 Å². The highest BCUT2D eigenvalue weighted by Crippen LogP contribution is 1.99. The van der Waals surface area contributed by atoms with Crippen LogP contribution >= 0.6 is 0 Å². The van der Waals surface area contributed by atoms with Crippen molar-refractivity contribution in [3.05, 3.63) is 18.2 Å². The minimum absolute atomic E-state index is 0. The van der Waals surface area contributed by atoms with E-state index in [1.165, 1.54) is 44.6 Å². The Hall–Kier alpha value is -0.830. The molecule has 0 amide bonds. The van der Waals surface area contributed by atoms with E-state index in [1.807, 2.05) is 0 Å². The van der Waals surface area contributed by atoms with Gasteiger partial charge < -0.3 is 5.48 Å². The number of unbranched alkanes of at least 4 members (excludes halogenated alkanes) is 2. The molecule has 1 aromatic heterocycles. The summed E-state index contributed by atoms with van der Waals surface area (Å²) in [6.07, 6.45) is 9.52. The third-order valence-corrected chi connectivity index (χ3v) is 2.76. The Labute approximate surface area is 93.0 Å². The number of hydrogen-bond donors (Lipinski definition) is 0. The van der Waals surface area contributed by atoms with Crippen molar-refractivity contribution in [1.29, 1.82) is 0 Å². The molecule has 3 nitrogen and oxygen atoms in total. The summed E-state index contributed by atoms with van der Waals surface area (Å²) in [5, 5.41) is 0. The van der Waals surface area contributed by atoms with Crippen LogP contribution in [0.25, 0.3) is 0 Å². The third-order valence-electron chi connectivity index (χ3n) is 2.76. The Morgan fingerprint density at radius 2 is 1.87 bits per heavy atom. The van der Waals surface area contributed by atoms with Gasteiger partial charge >= 0.3 is 0 Å². The van der Waals surface area contributed by atoms with Crippen LogP contribution in [0.15, 0.2) is 12.4 Å². The van der Waals surface area contributed by atoms with E-state index in [0.717, 1.165) is 0 Å². The zero-order chi connectivity index (χ0) is 10.4. The van der Waals surface area contributed by atoms with Gasteiger partial charge in [0.1, 0.15) is 12.4 Å². The third kappa shape index (κ3) is 4.04. The SMILES string of the molecule is CCCCn1cc[n+](CCCC)c1C.[OH-]. The highest BCUT2D eigenvalue weighted by atomic mass is 16.0. The molecule has 1 N–H and O–H groups in total. The first-order valence-electron chi connectivity index (χ1n) is 5.84. The molecule has 0 aliphatic heterocycles. The summed E-state index contributed by atoms with van der Waals surface area (Å²) in [7, 11) is 0. The van der Waals surface area contributed by atoms with Crippen molar-refractivity contribution in [2.24, 2.45) is 0 Å². The topological polar surface area (TPSA) is 38.8 Å². The molecule has 0 aromatic carbocycles. The molecule has 3 heteroatoms. The van der Waals surface area contributed by atoms with E-state index in [1.54, 1.807) is 0 Å². The van der Waals surface area contributed by atoms with Crippen LogP contribution in [-0.4, -0.2) is 10.0 Å². The van der Waals surface area contributed by atoms with Gasteiger partial charge in [0.25, 0.3) is 5.82 Å². The van der Waals surface area contributed by atoms with Gasteiger partial charge in [0.2, 0.25) is 0 Å². The van der Waals surface area contributed by atoms with Gasteiger partial charge in [-0.05, 0) is 12.8 Å². The summed E-state index contributed by atoms with van der Waals surface area (Å²) < 4.78 is 4.72. The zero-order valence-corrected chi connectivity index (χ0v) is 10.2. The van der Waals surface area contributed by atoms with Crippen LogP contribution < -0.4 is 4.57 Å². The van der Waals surface area contributed by atoms with Crippen LogP contribution in [0.2, 0.25) is 0 Å². The van der Waals surface area contributed by atoms with Gasteiger partial charge in [-0.1, -0.05) is 26.7 Å². The summed E-state index contributed by atoms with van der Waals surface area (Å²) in [5.41, 5.74) is 0. The minimum Gasteiger partial charge on any atom is -0.870 e. The van der Waals surface area contributed by atoms with E-state index >= 15 is 0 Å². The number of aryl methyl sites for hydroxylation is 2. The molecule has 0 aliphatic rings. The van der Waals surface area contributed by atoms with Crippen LogP contribution in [0, 0.1) is 6.92 Å². The van der Waals surface area contributed by atoms with Crippen LogP contribution in [0.4, 0.5) is 0 Å². The van der Waals surface area contributed by atoms with E-state index < -0.39 is 0 Å². The molecule has 0 bridgehead atoms. The average Bonchev–Trinajstić information content (AvgIpc) is 2.54. The van der Waals surface area contributed by atoms with Crippen LogP contribution in [0.5, 0.6) is 0 Å². The van der Waals surface area contributed by atoms with Crippen molar-refractivity contribution >= 4 is 0 Å². The van der Waals surface area contributed by atoms with E-state index in [-0.39, 0.29) is 5.48 Å². The molecule has 0 atom stereocenters. The van der Waals surface area contributed by atoms with E-state index in [9.17, 15) is 0 Å². The Bertz CT molecular complexity index is 243. The number of nitrogens with zero attached hydrogens (tertiary/aromatic N) is 2. The Kier molecular flexibility index (Phi) is 7.05. The van der Waals surface area contributed by atoms with Gasteiger partial charge in [-0.2, -0.15) is 0 Å². The lowest BCUT2D eigenvalue weighted by atomic mass is 10.3. The maximum absolute atomic E-state index is 2.36. The van der Waals surface area contributed by atoms with Crippen LogP contribution in [0.3, 0.4) is 0 Å². The fourth-order valence-corrected chi connectivity index (χ4v) is 1.67. The second-order valence-corrected chi connectivity index (χ2v) is 3.94. The fourth-order valence-electron chi connectivity index (χ4n) is 1.67. The first-order chi connectivity index (χ1) is 6.79. The summed E-state index contributed by atoms with van der Waals surface area (Å²) in [5.74, 6) is 1.40. The molecular formula is C12H24N2O. The Morgan fingerprint density at radius 1 is 1.20 bits per heavy atom. The minimum atomic E-state index is 0. The van der Waals surface area contributed by atoms with Crippen molar-refractivity contribution in [1.82, 2.24) is 4.57 Å². The molecule has 0 spiro atoms. The maximum atomic E-state index is 2.36. The molecule has 0 unspecified atom stereocenters. The monoisotopic (exact) mass is 212 g/mol. The molecule has 15 heavy (non-hydrogen) atoms. The normalized spacial score (nSPS) is 10.1. The van der Waals surface area contributed by atoms with Crippen molar-refractivity contribution in [3.63, 3.8) is 0 Å². The molecule has 1 aromatic rings. The highest BCUT2D eigenvalue weighted by molar-refractivity contribution is 4.79. The number of rotatable bonds is 6. The lowest BCUT2D eigenvalue weighted by Gasteiger charge is -1.99. The molecule has 0 radical (unpaired) electrons. The first-order valence-corrected chi connectivity index (χ1v) is 5.84. The van der Waals surface area contributed by atoms with E-state index in [2.05, 4.69) is 42.3 Å². The number of aromatic nitrogens is 2. The molecular weight excluding hydrogens is 188 g/mol. The maximum Gasteiger partial charge on any atom is 0.253 e. The zero-order valence-electron chi connectivity index (χ0n) is 10.2. The average molecular weight is 212 g/mol. The Balaban J connectivity index is 0.00000196. The molecule has 0 saturated heterocycles. The van der Waals surface area contributed by atoms with Gasteiger partial charge in [-0.25, -0.2) is 9.13 Å². The highest BCUT2D eigenvalue weighted by Gasteiger charge is 2.10. The lowest BCUT2D eigenvalue weighted by molar-refractivity contribution is -0.702. The lowest BCUT2D eigenvalue weighted by Crippen LogP contribution is -2.35. The van der Waals surface area contributed by atoms with Gasteiger partial charge in [-0.15, -0.1) is 0 Å². The predicted octanol–water partition coefficient (Wildman–Crippen LogP) is 2.51. The molecule has 0 fully saturated rings. The summed E-state index contributed by atoms with van der Waals surface area (Å²) in [6, 6.07) is 0. The fraction of sp³-hybridized carbons (Fsp3) is 0.750. The van der Waals surface area contributed by atoms with Crippen molar-refractivity contribution in [3.8, 4) is 0 Å². The van der Waals surface area contributed by atoms with Gasteiger partial charge in [0, 0.05) is 6.92 Å². The molecule has 0 saturated carbocycles. The number of hydrogen-bond acceptors (Lipinski definition) is 1. The first kappa shape index (κ1) is 14.2. The van der Waals surface area contributed by atoms with Gasteiger partial charge in [0.05, 0.1) is 13.1 Å². The molecule has 1 heterocycles. The Morgan fingerprint density at radius 3 is 2.47 bits per heavy atom. The largest absolute Gasteiger partial charge is 0.870 e. The summed E-state index contributed by atoms with van der Waals surface area (Å²) in [6.45, 7) is 9.03. The number of imidazole rings is 1. The second-order valence-electron chi connectivity index (χ2n) is 3.94. The predicted molar refractivity (Wildman–Crippen MR) is 61.1 cm³/mol. The van der Waals surface area contributed by atoms with Crippen molar-refractivity contribution in [2.45, 2.75) is 59.5 Å². The smallest absolute Gasteiger partial charge is 0.253 e. The standard InChI is InChI=1S/C12H23N2.H2O/c1-4-6-8-13-10-11-14(12(13)3)9-7-5-2;/h10-11H,4-9H2,1-3H3;1H2/q+1;/p-1.